The summed E-state index contributed by atoms with van der Waals surface area (Å²) >= 11 is 5.36. The first-order chi connectivity index (χ1) is 9.15. The molecule has 3 nitrogen and oxygen atoms in total. The molecule has 19 heavy (non-hydrogen) atoms. The highest BCUT2D eigenvalue weighted by Gasteiger charge is 2.06. The van der Waals surface area contributed by atoms with Crippen molar-refractivity contribution in [2.45, 2.75) is 13.8 Å². The van der Waals surface area contributed by atoms with Gasteiger partial charge in [0.1, 0.15) is 10.3 Å². The second-order valence-corrected chi connectivity index (χ2v) is 4.95. The van der Waals surface area contributed by atoms with E-state index in [2.05, 4.69) is 21.0 Å². The van der Waals surface area contributed by atoms with Crippen molar-refractivity contribution in [1.82, 2.24) is 15.0 Å². The average molecular weight is 267 g/mol. The van der Waals surface area contributed by atoms with Crippen molar-refractivity contribution in [3.8, 4) is 11.3 Å². The summed E-state index contributed by atoms with van der Waals surface area (Å²) in [7, 11) is 0. The molecule has 0 amide bonds. The molecule has 0 unspecified atom stereocenters. The van der Waals surface area contributed by atoms with Crippen molar-refractivity contribution >= 4 is 23.1 Å². The monoisotopic (exact) mass is 267 g/mol. The molecule has 2 aromatic heterocycles. The van der Waals surface area contributed by atoms with Gasteiger partial charge in [-0.1, -0.05) is 30.4 Å². The van der Waals surface area contributed by atoms with Crippen molar-refractivity contribution < 1.29 is 0 Å². The van der Waals surface area contributed by atoms with Crippen LogP contribution in [0.15, 0.2) is 36.5 Å². The van der Waals surface area contributed by atoms with Gasteiger partial charge in [0.2, 0.25) is 0 Å². The van der Waals surface area contributed by atoms with Crippen LogP contribution in [0.4, 0.5) is 0 Å². The summed E-state index contributed by atoms with van der Waals surface area (Å²) in [5.41, 5.74) is 4.67. The lowest BCUT2D eigenvalue weighted by atomic mass is 10.1. The molecule has 3 aromatic rings. The number of H-pyrrole nitrogens is 1. The first-order valence-corrected chi connectivity index (χ1v) is 6.48. The molecule has 1 N–H and O–H groups in total. The molecule has 4 heteroatoms. The zero-order valence-electron chi connectivity index (χ0n) is 10.8. The predicted octanol–water partition coefficient (Wildman–Crippen LogP) is 3.97. The average Bonchev–Trinajstić information content (AvgIpc) is 2.42. The van der Waals surface area contributed by atoms with Crippen LogP contribution in [0.1, 0.15) is 11.4 Å². The van der Waals surface area contributed by atoms with Crippen molar-refractivity contribution in [1.29, 1.82) is 0 Å². The summed E-state index contributed by atoms with van der Waals surface area (Å²) in [6.07, 6.45) is 1.82. The molecule has 1 aromatic carbocycles. The molecule has 0 aliphatic carbocycles. The molecule has 0 spiro atoms. The first-order valence-electron chi connectivity index (χ1n) is 6.08. The second-order valence-electron chi connectivity index (χ2n) is 4.54. The smallest absolute Gasteiger partial charge is 0.130 e. The van der Waals surface area contributed by atoms with Crippen LogP contribution < -0.4 is 0 Å². The van der Waals surface area contributed by atoms with E-state index in [1.807, 2.05) is 44.3 Å². The third kappa shape index (κ3) is 2.15. The summed E-state index contributed by atoms with van der Waals surface area (Å²) in [6.45, 7) is 3.94. The Morgan fingerprint density at radius 1 is 1.16 bits per heavy atom. The van der Waals surface area contributed by atoms with Crippen LogP contribution in [0.3, 0.4) is 0 Å². The molecule has 0 bridgehead atoms. The van der Waals surface area contributed by atoms with E-state index in [1.165, 1.54) is 0 Å². The zero-order valence-corrected chi connectivity index (χ0v) is 11.6. The Labute approximate surface area is 116 Å². The number of rotatable bonds is 1. The summed E-state index contributed by atoms with van der Waals surface area (Å²) < 4.78 is 0.653. The SMILES string of the molecule is Cc1nc(-c2cnc3ccccc3c2)c(=S)[nH]c1C. The minimum Gasteiger partial charge on any atom is -0.347 e. The molecule has 0 atom stereocenters. The Morgan fingerprint density at radius 3 is 2.79 bits per heavy atom. The van der Waals surface area contributed by atoms with E-state index < -0.39 is 0 Å². The number of nitrogens with zero attached hydrogens (tertiary/aromatic N) is 2. The summed E-state index contributed by atoms with van der Waals surface area (Å²) in [6, 6.07) is 10.1. The molecule has 0 aliphatic rings. The fourth-order valence-corrected chi connectivity index (χ4v) is 2.34. The molecule has 0 saturated carbocycles. The fraction of sp³-hybridized carbons (Fsp3) is 0.133. The summed E-state index contributed by atoms with van der Waals surface area (Å²) in [5, 5.41) is 1.09. The van der Waals surface area contributed by atoms with E-state index in [4.69, 9.17) is 12.2 Å². The van der Waals surface area contributed by atoms with Crippen LogP contribution in [0.2, 0.25) is 0 Å². The van der Waals surface area contributed by atoms with Gasteiger partial charge in [-0.3, -0.25) is 4.98 Å². The van der Waals surface area contributed by atoms with E-state index in [-0.39, 0.29) is 0 Å². The van der Waals surface area contributed by atoms with E-state index in [1.54, 1.807) is 0 Å². The van der Waals surface area contributed by atoms with Crippen LogP contribution in [0.25, 0.3) is 22.2 Å². The van der Waals surface area contributed by atoms with E-state index in [9.17, 15) is 0 Å². The van der Waals surface area contributed by atoms with Gasteiger partial charge in [0, 0.05) is 22.8 Å². The molecule has 0 radical (unpaired) electrons. The first kappa shape index (κ1) is 12.0. The van der Waals surface area contributed by atoms with Gasteiger partial charge in [-0.15, -0.1) is 0 Å². The van der Waals surface area contributed by atoms with Gasteiger partial charge in [-0.05, 0) is 26.0 Å². The third-order valence-corrected chi connectivity index (χ3v) is 3.50. The maximum Gasteiger partial charge on any atom is 0.130 e. The molecular weight excluding hydrogens is 254 g/mol. The molecule has 2 heterocycles. The van der Waals surface area contributed by atoms with Crippen LogP contribution >= 0.6 is 12.2 Å². The van der Waals surface area contributed by atoms with Gasteiger partial charge >= 0.3 is 0 Å². The summed E-state index contributed by atoms with van der Waals surface area (Å²) in [4.78, 5) is 12.2. The minimum atomic E-state index is 0.653. The Morgan fingerprint density at radius 2 is 1.95 bits per heavy atom. The number of pyridine rings is 1. The number of aromatic nitrogens is 3. The van der Waals surface area contributed by atoms with Crippen molar-refractivity contribution in [2.24, 2.45) is 0 Å². The zero-order chi connectivity index (χ0) is 13.4. The van der Waals surface area contributed by atoms with Crippen LogP contribution in [-0.2, 0) is 0 Å². The Kier molecular flexibility index (Phi) is 2.87. The lowest BCUT2D eigenvalue weighted by Gasteiger charge is -2.06. The van der Waals surface area contributed by atoms with Crippen molar-refractivity contribution in [3.05, 3.63) is 52.6 Å². The summed E-state index contributed by atoms with van der Waals surface area (Å²) in [5.74, 6) is 0. The van der Waals surface area contributed by atoms with Crippen LogP contribution in [-0.4, -0.2) is 15.0 Å². The van der Waals surface area contributed by atoms with Crippen molar-refractivity contribution in [3.63, 3.8) is 0 Å². The Balaban J connectivity index is 2.24. The van der Waals surface area contributed by atoms with Gasteiger partial charge in [0.05, 0.1) is 11.2 Å². The van der Waals surface area contributed by atoms with E-state index >= 15 is 0 Å². The molecule has 3 rings (SSSR count). The third-order valence-electron chi connectivity index (χ3n) is 3.20. The highest BCUT2D eigenvalue weighted by atomic mass is 32.1. The molecule has 0 fully saturated rings. The standard InChI is InChI=1S/C15H13N3S/c1-9-10(2)18-15(19)14(17-9)12-7-11-5-3-4-6-13(11)16-8-12/h3-8H,1-2H3,(H,18,19). The molecule has 94 valence electrons. The Bertz CT molecular complexity index is 821. The lowest BCUT2D eigenvalue weighted by Crippen LogP contribution is -1.96. The second kappa shape index (κ2) is 4.55. The fourth-order valence-electron chi connectivity index (χ4n) is 2.02. The largest absolute Gasteiger partial charge is 0.347 e. The number of aromatic amines is 1. The maximum atomic E-state index is 5.36. The van der Waals surface area contributed by atoms with Gasteiger partial charge in [-0.2, -0.15) is 0 Å². The van der Waals surface area contributed by atoms with Crippen molar-refractivity contribution in [2.75, 3.05) is 0 Å². The molecular formula is C15H13N3S. The van der Waals surface area contributed by atoms with Gasteiger partial charge in [-0.25, -0.2) is 4.98 Å². The van der Waals surface area contributed by atoms with Crippen LogP contribution in [0.5, 0.6) is 0 Å². The normalized spacial score (nSPS) is 10.8. The van der Waals surface area contributed by atoms with Crippen LogP contribution in [0, 0.1) is 18.5 Å². The molecule has 0 saturated heterocycles. The van der Waals surface area contributed by atoms with E-state index in [0.717, 1.165) is 33.5 Å². The number of aryl methyl sites for hydroxylation is 2. The highest BCUT2D eigenvalue weighted by molar-refractivity contribution is 7.71. The predicted molar refractivity (Wildman–Crippen MR) is 79.6 cm³/mol. The number of fused-ring (bicyclic) bond motifs is 1. The molecule has 0 aliphatic heterocycles. The van der Waals surface area contributed by atoms with Gasteiger partial charge in [0.25, 0.3) is 0 Å². The number of hydrogen-bond acceptors (Lipinski definition) is 3. The number of nitrogens with one attached hydrogen (secondary N) is 1. The number of para-hydroxylation sites is 1. The minimum absolute atomic E-state index is 0.653. The lowest BCUT2D eigenvalue weighted by molar-refractivity contribution is 1.04. The quantitative estimate of drug-likeness (QED) is 0.678. The van der Waals surface area contributed by atoms with Gasteiger partial charge in [0.15, 0.2) is 0 Å². The van der Waals surface area contributed by atoms with Gasteiger partial charge < -0.3 is 4.98 Å². The number of hydrogen-bond donors (Lipinski definition) is 1. The highest BCUT2D eigenvalue weighted by Crippen LogP contribution is 2.22. The maximum absolute atomic E-state index is 5.36. The van der Waals surface area contributed by atoms with E-state index in [0.29, 0.717) is 4.64 Å². The Hall–Kier alpha value is -2.07. The number of benzene rings is 1. The topological polar surface area (TPSA) is 41.6 Å².